The number of rotatable bonds is 6. The van der Waals surface area contributed by atoms with E-state index < -0.39 is 29.7 Å². The molecule has 2 amide bonds. The van der Waals surface area contributed by atoms with Crippen molar-refractivity contribution in [1.29, 1.82) is 5.41 Å². The Labute approximate surface area is 157 Å². The van der Waals surface area contributed by atoms with Crippen LogP contribution >= 0.6 is 0 Å². The Balaban J connectivity index is 1.86. The second kappa shape index (κ2) is 8.07. The minimum Gasteiger partial charge on any atom is -0.460 e. The number of benzene rings is 1. The Kier molecular flexibility index (Phi) is 6.04. The van der Waals surface area contributed by atoms with Crippen molar-refractivity contribution in [1.82, 2.24) is 5.32 Å². The third kappa shape index (κ3) is 5.70. The molecule has 0 radical (unpaired) electrons. The molecule has 0 aromatic heterocycles. The van der Waals surface area contributed by atoms with Gasteiger partial charge in [0.15, 0.2) is 6.10 Å². The number of anilines is 1. The van der Waals surface area contributed by atoms with E-state index in [9.17, 15) is 14.4 Å². The zero-order chi connectivity index (χ0) is 20.2. The summed E-state index contributed by atoms with van der Waals surface area (Å²) < 4.78 is 10.3. The number of amidine groups is 1. The summed E-state index contributed by atoms with van der Waals surface area (Å²) in [4.78, 5) is 37.2. The van der Waals surface area contributed by atoms with Gasteiger partial charge in [0.1, 0.15) is 11.4 Å². The van der Waals surface area contributed by atoms with E-state index in [1.165, 1.54) is 4.90 Å². The van der Waals surface area contributed by atoms with Crippen molar-refractivity contribution in [3.63, 3.8) is 0 Å². The lowest BCUT2D eigenvalue weighted by Gasteiger charge is -2.19. The average Bonchev–Trinajstić information content (AvgIpc) is 2.95. The molecule has 1 saturated heterocycles. The first-order chi connectivity index (χ1) is 12.6. The summed E-state index contributed by atoms with van der Waals surface area (Å²) in [6.07, 6.45) is -1.58. The van der Waals surface area contributed by atoms with Crippen LogP contribution in [0.1, 0.15) is 32.8 Å². The number of esters is 1. The number of nitrogens with one attached hydrogen (secondary N) is 2. The molecule has 146 valence electrons. The zero-order valence-corrected chi connectivity index (χ0v) is 15.6. The molecule has 1 heterocycles. The van der Waals surface area contributed by atoms with Crippen LogP contribution in [-0.4, -0.2) is 48.6 Å². The second-order valence-electron chi connectivity index (χ2n) is 7.07. The highest BCUT2D eigenvalue weighted by molar-refractivity contribution is 5.97. The minimum absolute atomic E-state index is 0.0277. The van der Waals surface area contributed by atoms with E-state index in [2.05, 4.69) is 5.32 Å². The van der Waals surface area contributed by atoms with Gasteiger partial charge < -0.3 is 20.5 Å². The maximum atomic E-state index is 12.2. The van der Waals surface area contributed by atoms with Gasteiger partial charge in [0.25, 0.3) is 5.91 Å². The molecule has 9 nitrogen and oxygen atoms in total. The van der Waals surface area contributed by atoms with Crippen LogP contribution in [0.4, 0.5) is 10.5 Å². The van der Waals surface area contributed by atoms with Crippen molar-refractivity contribution in [2.75, 3.05) is 18.0 Å². The number of amides is 2. The van der Waals surface area contributed by atoms with Gasteiger partial charge in [-0.1, -0.05) is 0 Å². The van der Waals surface area contributed by atoms with Gasteiger partial charge in [-0.3, -0.25) is 19.9 Å². The van der Waals surface area contributed by atoms with Crippen molar-refractivity contribution in [2.45, 2.75) is 38.9 Å². The molecule has 1 aromatic rings. The minimum atomic E-state index is -0.969. The molecular formula is C18H24N4O5. The molecular weight excluding hydrogens is 352 g/mol. The van der Waals surface area contributed by atoms with Gasteiger partial charge in [0.2, 0.25) is 0 Å². The lowest BCUT2D eigenvalue weighted by Crippen LogP contribution is -2.38. The highest BCUT2D eigenvalue weighted by Crippen LogP contribution is 2.22. The lowest BCUT2D eigenvalue weighted by molar-refractivity contribution is -0.154. The summed E-state index contributed by atoms with van der Waals surface area (Å²) in [6.45, 7) is 5.43. The van der Waals surface area contributed by atoms with E-state index in [0.29, 0.717) is 11.3 Å². The highest BCUT2D eigenvalue weighted by Gasteiger charge is 2.36. The topological polar surface area (TPSA) is 135 Å². The Morgan fingerprint density at radius 1 is 1.33 bits per heavy atom. The highest BCUT2D eigenvalue weighted by atomic mass is 16.6. The molecule has 9 heteroatoms. The van der Waals surface area contributed by atoms with Crippen LogP contribution in [0.3, 0.4) is 0 Å². The third-order valence-corrected chi connectivity index (χ3v) is 3.64. The number of nitrogens with zero attached hydrogens (tertiary/aromatic N) is 1. The molecule has 1 atom stereocenters. The van der Waals surface area contributed by atoms with E-state index in [0.717, 1.165) is 0 Å². The van der Waals surface area contributed by atoms with Crippen LogP contribution in [0.5, 0.6) is 0 Å². The molecule has 0 aliphatic carbocycles. The molecule has 1 aliphatic rings. The smallest absolute Gasteiger partial charge is 0.415 e. The summed E-state index contributed by atoms with van der Waals surface area (Å²) in [5, 5.41) is 9.94. The number of ether oxygens (including phenoxy) is 2. The predicted molar refractivity (Wildman–Crippen MR) is 98.5 cm³/mol. The fourth-order valence-corrected chi connectivity index (χ4v) is 2.43. The molecule has 27 heavy (non-hydrogen) atoms. The number of hydrogen-bond acceptors (Lipinski definition) is 6. The van der Waals surface area contributed by atoms with Crippen LogP contribution < -0.4 is 16.0 Å². The summed E-state index contributed by atoms with van der Waals surface area (Å²) in [5.74, 6) is -0.971. The molecule has 1 aromatic carbocycles. The molecule has 4 N–H and O–H groups in total. The maximum Gasteiger partial charge on any atom is 0.415 e. The van der Waals surface area contributed by atoms with Gasteiger partial charge in [-0.25, -0.2) is 4.79 Å². The monoisotopic (exact) mass is 376 g/mol. The van der Waals surface area contributed by atoms with Crippen molar-refractivity contribution in [3.8, 4) is 0 Å². The largest absolute Gasteiger partial charge is 0.460 e. The molecule has 1 aliphatic heterocycles. The fourth-order valence-electron chi connectivity index (χ4n) is 2.43. The van der Waals surface area contributed by atoms with Crippen LogP contribution in [0.25, 0.3) is 0 Å². The first-order valence-corrected chi connectivity index (χ1v) is 8.49. The second-order valence-corrected chi connectivity index (χ2v) is 7.07. The quantitative estimate of drug-likeness (QED) is 0.387. The first-order valence-electron chi connectivity index (χ1n) is 8.49. The van der Waals surface area contributed by atoms with E-state index in [-0.39, 0.29) is 25.3 Å². The number of hydrogen-bond donors (Lipinski definition) is 3. The zero-order valence-electron chi connectivity index (χ0n) is 15.6. The molecule has 0 bridgehead atoms. The van der Waals surface area contributed by atoms with E-state index >= 15 is 0 Å². The van der Waals surface area contributed by atoms with Gasteiger partial charge in [-0.05, 0) is 45.0 Å². The first kappa shape index (κ1) is 20.2. The normalized spacial score (nSPS) is 16.6. The molecule has 1 unspecified atom stereocenters. The maximum absolute atomic E-state index is 12.2. The van der Waals surface area contributed by atoms with E-state index in [4.69, 9.17) is 20.6 Å². The van der Waals surface area contributed by atoms with Crippen molar-refractivity contribution in [2.24, 2.45) is 5.73 Å². The Bertz CT molecular complexity index is 739. The van der Waals surface area contributed by atoms with Crippen molar-refractivity contribution in [3.05, 3.63) is 29.8 Å². The SMILES string of the molecule is CC(C)(C)OC(=O)CCNC(=O)C1CN(c2ccc(C(=N)N)cc2)C(=O)O1. The van der Waals surface area contributed by atoms with Crippen molar-refractivity contribution >= 4 is 29.5 Å². The number of cyclic esters (lactones) is 1. The lowest BCUT2D eigenvalue weighted by atomic mass is 10.2. The van der Waals surface area contributed by atoms with Gasteiger partial charge in [0.05, 0.1) is 13.0 Å². The number of carbonyl (C=O) groups excluding carboxylic acids is 3. The predicted octanol–water partition coefficient (Wildman–Crippen LogP) is 1.14. The van der Waals surface area contributed by atoms with Gasteiger partial charge in [-0.15, -0.1) is 0 Å². The Morgan fingerprint density at radius 3 is 2.52 bits per heavy atom. The summed E-state index contributed by atoms with van der Waals surface area (Å²) in [6, 6.07) is 6.47. The molecule has 0 spiro atoms. The summed E-state index contributed by atoms with van der Waals surface area (Å²) in [7, 11) is 0. The van der Waals surface area contributed by atoms with Crippen molar-refractivity contribution < 1.29 is 23.9 Å². The third-order valence-electron chi connectivity index (χ3n) is 3.64. The van der Waals surface area contributed by atoms with Gasteiger partial charge in [-0.2, -0.15) is 0 Å². The molecule has 0 saturated carbocycles. The Morgan fingerprint density at radius 2 is 1.96 bits per heavy atom. The number of nitrogen functional groups attached to an aromatic ring is 1. The number of carbonyl (C=O) groups is 3. The van der Waals surface area contributed by atoms with Crippen LogP contribution in [-0.2, 0) is 19.1 Å². The van der Waals surface area contributed by atoms with E-state index in [1.807, 2.05) is 0 Å². The summed E-state index contributed by atoms with van der Waals surface area (Å²) >= 11 is 0. The number of nitrogens with two attached hydrogens (primary N) is 1. The molecule has 1 fully saturated rings. The van der Waals surface area contributed by atoms with Crippen LogP contribution in [0, 0.1) is 5.41 Å². The summed E-state index contributed by atoms with van der Waals surface area (Å²) in [5.41, 5.74) is 5.88. The average molecular weight is 376 g/mol. The van der Waals surface area contributed by atoms with E-state index in [1.54, 1.807) is 45.0 Å². The van der Waals surface area contributed by atoms with Gasteiger partial charge >= 0.3 is 12.1 Å². The standard InChI is InChI=1S/C18H24N4O5/c1-18(2,3)27-14(23)8-9-21-16(24)13-10-22(17(25)26-13)12-6-4-11(5-7-12)15(19)20/h4-7,13H,8-10H2,1-3H3,(H3,19,20)(H,21,24). The van der Waals surface area contributed by atoms with Crippen LogP contribution in [0.15, 0.2) is 24.3 Å². The van der Waals surface area contributed by atoms with Crippen LogP contribution in [0.2, 0.25) is 0 Å². The molecule has 2 rings (SSSR count). The Hall–Kier alpha value is -3.10. The van der Waals surface area contributed by atoms with Gasteiger partial charge in [0, 0.05) is 17.8 Å². The fraction of sp³-hybridized carbons (Fsp3) is 0.444.